The molecule has 0 aliphatic rings. The average Bonchev–Trinajstić information content (AvgIpc) is 2.99. The Kier molecular flexibility index (Phi) is 3.93. The monoisotopic (exact) mass is 375 g/mol. The molecular formula is C17H14BrNO2S. The second-order valence-electron chi connectivity index (χ2n) is 5.06. The first kappa shape index (κ1) is 15.1. The highest BCUT2D eigenvalue weighted by atomic mass is 79.9. The van der Waals surface area contributed by atoms with Gasteiger partial charge in [-0.25, -0.2) is 12.4 Å². The van der Waals surface area contributed by atoms with E-state index < -0.39 is 10.0 Å². The number of aromatic nitrogens is 1. The van der Waals surface area contributed by atoms with Crippen LogP contribution in [0.5, 0.6) is 0 Å². The highest BCUT2D eigenvalue weighted by Gasteiger charge is 2.16. The standard InChI is InChI=1S/C17H14BrNO2S/c1-13-2-8-17(9-3-13)22(20,21)19-11-10-15(12-19)14-4-6-16(18)7-5-14/h2-12H,1H3. The summed E-state index contributed by atoms with van der Waals surface area (Å²) >= 11 is 3.39. The Morgan fingerprint density at radius 3 is 2.14 bits per heavy atom. The minimum Gasteiger partial charge on any atom is -0.248 e. The minimum absolute atomic E-state index is 0.288. The van der Waals surface area contributed by atoms with Gasteiger partial charge in [-0.05, 0) is 42.8 Å². The van der Waals surface area contributed by atoms with Gasteiger partial charge in [-0.3, -0.25) is 0 Å². The van der Waals surface area contributed by atoms with Gasteiger partial charge in [0.15, 0.2) is 0 Å². The van der Waals surface area contributed by atoms with Crippen molar-refractivity contribution >= 4 is 26.0 Å². The van der Waals surface area contributed by atoms with Crippen molar-refractivity contribution in [3.05, 3.63) is 77.0 Å². The first-order chi connectivity index (χ1) is 10.5. The predicted molar refractivity (Wildman–Crippen MR) is 91.3 cm³/mol. The zero-order chi connectivity index (χ0) is 15.7. The highest BCUT2D eigenvalue weighted by molar-refractivity contribution is 9.10. The van der Waals surface area contributed by atoms with Crippen molar-refractivity contribution in [1.82, 2.24) is 3.97 Å². The molecule has 5 heteroatoms. The van der Waals surface area contributed by atoms with E-state index in [-0.39, 0.29) is 4.90 Å². The number of rotatable bonds is 3. The Morgan fingerprint density at radius 1 is 0.864 bits per heavy atom. The Morgan fingerprint density at radius 2 is 1.50 bits per heavy atom. The topological polar surface area (TPSA) is 39.1 Å². The normalized spacial score (nSPS) is 11.5. The van der Waals surface area contributed by atoms with E-state index in [1.807, 2.05) is 31.2 Å². The third kappa shape index (κ3) is 2.87. The summed E-state index contributed by atoms with van der Waals surface area (Å²) in [4.78, 5) is 0.288. The quantitative estimate of drug-likeness (QED) is 0.677. The number of nitrogens with zero attached hydrogens (tertiary/aromatic N) is 1. The molecule has 0 saturated heterocycles. The summed E-state index contributed by atoms with van der Waals surface area (Å²) in [6.45, 7) is 1.93. The molecule has 3 rings (SSSR count). The predicted octanol–water partition coefficient (Wildman–Crippen LogP) is 4.46. The maximum absolute atomic E-state index is 12.6. The molecule has 0 radical (unpaired) electrons. The van der Waals surface area contributed by atoms with Crippen LogP contribution in [-0.2, 0) is 10.0 Å². The smallest absolute Gasteiger partial charge is 0.248 e. The number of aryl methyl sites for hydroxylation is 1. The van der Waals surface area contributed by atoms with E-state index in [2.05, 4.69) is 15.9 Å². The number of hydrogen-bond acceptors (Lipinski definition) is 2. The van der Waals surface area contributed by atoms with Crippen LogP contribution in [0.15, 0.2) is 76.4 Å². The zero-order valence-corrected chi connectivity index (χ0v) is 14.3. The fourth-order valence-corrected chi connectivity index (χ4v) is 3.63. The minimum atomic E-state index is -3.54. The van der Waals surface area contributed by atoms with Crippen molar-refractivity contribution in [1.29, 1.82) is 0 Å². The summed E-state index contributed by atoms with van der Waals surface area (Å²) in [5.41, 5.74) is 2.87. The zero-order valence-electron chi connectivity index (χ0n) is 11.9. The Labute approximate surface area is 138 Å². The maximum atomic E-state index is 12.6. The summed E-state index contributed by atoms with van der Waals surface area (Å²) in [7, 11) is -3.54. The van der Waals surface area contributed by atoms with Crippen molar-refractivity contribution in [3.8, 4) is 11.1 Å². The molecule has 0 unspecified atom stereocenters. The molecule has 112 valence electrons. The van der Waals surface area contributed by atoms with E-state index in [9.17, 15) is 8.42 Å². The molecule has 0 N–H and O–H groups in total. The second kappa shape index (κ2) is 5.74. The molecule has 0 saturated carbocycles. The van der Waals surface area contributed by atoms with Crippen LogP contribution < -0.4 is 0 Å². The van der Waals surface area contributed by atoms with Crippen LogP contribution in [0.3, 0.4) is 0 Å². The van der Waals surface area contributed by atoms with Crippen molar-refractivity contribution in [2.75, 3.05) is 0 Å². The maximum Gasteiger partial charge on any atom is 0.267 e. The van der Waals surface area contributed by atoms with Crippen LogP contribution in [-0.4, -0.2) is 12.4 Å². The molecule has 22 heavy (non-hydrogen) atoms. The van der Waals surface area contributed by atoms with Gasteiger partial charge in [0.2, 0.25) is 0 Å². The van der Waals surface area contributed by atoms with Gasteiger partial charge in [0.25, 0.3) is 10.0 Å². The van der Waals surface area contributed by atoms with E-state index in [0.29, 0.717) is 0 Å². The molecular weight excluding hydrogens is 362 g/mol. The largest absolute Gasteiger partial charge is 0.267 e. The van der Waals surface area contributed by atoms with Gasteiger partial charge < -0.3 is 0 Å². The third-order valence-electron chi connectivity index (χ3n) is 3.44. The van der Waals surface area contributed by atoms with Crippen molar-refractivity contribution in [2.24, 2.45) is 0 Å². The first-order valence-electron chi connectivity index (χ1n) is 6.73. The molecule has 3 aromatic rings. The van der Waals surface area contributed by atoms with Crippen LogP contribution in [0, 0.1) is 6.92 Å². The SMILES string of the molecule is Cc1ccc(S(=O)(=O)n2ccc(-c3ccc(Br)cc3)c2)cc1. The van der Waals surface area contributed by atoms with Crippen LogP contribution >= 0.6 is 15.9 Å². The molecule has 0 amide bonds. The lowest BCUT2D eigenvalue weighted by Gasteiger charge is -2.06. The fraction of sp³-hybridized carbons (Fsp3) is 0.0588. The van der Waals surface area contributed by atoms with Gasteiger partial charge in [-0.2, -0.15) is 0 Å². The lowest BCUT2D eigenvalue weighted by atomic mass is 10.1. The molecule has 2 aromatic carbocycles. The van der Waals surface area contributed by atoms with E-state index in [1.54, 1.807) is 42.7 Å². The van der Waals surface area contributed by atoms with Gasteiger partial charge in [0.05, 0.1) is 4.90 Å². The van der Waals surface area contributed by atoms with Crippen LogP contribution in [0.25, 0.3) is 11.1 Å². The molecule has 3 nitrogen and oxygen atoms in total. The van der Waals surface area contributed by atoms with Gasteiger partial charge >= 0.3 is 0 Å². The number of halogens is 1. The summed E-state index contributed by atoms with van der Waals surface area (Å²) in [5, 5.41) is 0. The van der Waals surface area contributed by atoms with Crippen LogP contribution in [0.2, 0.25) is 0 Å². The van der Waals surface area contributed by atoms with E-state index in [4.69, 9.17) is 0 Å². The van der Waals surface area contributed by atoms with Crippen LogP contribution in [0.4, 0.5) is 0 Å². The van der Waals surface area contributed by atoms with Crippen molar-refractivity contribution < 1.29 is 8.42 Å². The Hall–Kier alpha value is -1.85. The second-order valence-corrected chi connectivity index (χ2v) is 7.81. The average molecular weight is 376 g/mol. The van der Waals surface area contributed by atoms with E-state index in [1.165, 1.54) is 3.97 Å². The molecule has 0 bridgehead atoms. The molecule has 0 atom stereocenters. The van der Waals surface area contributed by atoms with E-state index in [0.717, 1.165) is 21.2 Å². The number of hydrogen-bond donors (Lipinski definition) is 0. The van der Waals surface area contributed by atoms with Gasteiger partial charge in [-0.15, -0.1) is 0 Å². The van der Waals surface area contributed by atoms with E-state index >= 15 is 0 Å². The Bertz CT molecular complexity index is 895. The van der Waals surface area contributed by atoms with Gasteiger partial charge in [-0.1, -0.05) is 45.8 Å². The summed E-state index contributed by atoms with van der Waals surface area (Å²) in [6, 6.07) is 16.4. The molecule has 0 fully saturated rings. The molecule has 0 aliphatic heterocycles. The highest BCUT2D eigenvalue weighted by Crippen LogP contribution is 2.24. The molecule has 0 aliphatic carbocycles. The van der Waals surface area contributed by atoms with Gasteiger partial charge in [0, 0.05) is 22.4 Å². The fourth-order valence-electron chi connectivity index (χ4n) is 2.17. The van der Waals surface area contributed by atoms with Crippen LogP contribution in [0.1, 0.15) is 5.56 Å². The van der Waals surface area contributed by atoms with Crippen molar-refractivity contribution in [3.63, 3.8) is 0 Å². The lowest BCUT2D eigenvalue weighted by Crippen LogP contribution is -2.10. The summed E-state index contributed by atoms with van der Waals surface area (Å²) < 4.78 is 27.4. The lowest BCUT2D eigenvalue weighted by molar-refractivity contribution is 0.587. The van der Waals surface area contributed by atoms with Gasteiger partial charge in [0.1, 0.15) is 0 Å². The third-order valence-corrected chi connectivity index (χ3v) is 5.62. The molecule has 1 heterocycles. The first-order valence-corrected chi connectivity index (χ1v) is 8.96. The molecule has 1 aromatic heterocycles. The number of benzene rings is 2. The van der Waals surface area contributed by atoms with Crippen molar-refractivity contribution in [2.45, 2.75) is 11.8 Å². The summed E-state index contributed by atoms with van der Waals surface area (Å²) in [6.07, 6.45) is 3.21. The summed E-state index contributed by atoms with van der Waals surface area (Å²) in [5.74, 6) is 0. The Balaban J connectivity index is 1.99. The molecule has 0 spiro atoms.